The average Bonchev–Trinajstić information content (AvgIpc) is 2.97. The molecule has 0 radical (unpaired) electrons. The summed E-state index contributed by atoms with van der Waals surface area (Å²) in [5, 5.41) is 7.88. The van der Waals surface area contributed by atoms with Crippen molar-refractivity contribution >= 4 is 22.6 Å². The fourth-order valence-electron chi connectivity index (χ4n) is 2.37. The van der Waals surface area contributed by atoms with Crippen molar-refractivity contribution in [1.82, 2.24) is 9.78 Å². The number of nitrogens with one attached hydrogen (secondary N) is 1. The Hall–Kier alpha value is -3.02. The minimum Gasteiger partial charge on any atom is -0.497 e. The molecule has 1 heterocycles. The number of fused-ring (bicyclic) bond motifs is 1. The van der Waals surface area contributed by atoms with E-state index in [1.165, 1.54) is 4.68 Å². The van der Waals surface area contributed by atoms with Crippen molar-refractivity contribution in [2.75, 3.05) is 19.5 Å². The number of aromatic nitrogens is 2. The van der Waals surface area contributed by atoms with E-state index >= 15 is 0 Å². The van der Waals surface area contributed by atoms with Crippen LogP contribution < -0.4 is 14.8 Å². The van der Waals surface area contributed by atoms with Crippen molar-refractivity contribution in [2.45, 2.75) is 6.92 Å². The lowest BCUT2D eigenvalue weighted by atomic mass is 10.2. The number of hydrogen-bond donors (Lipinski definition) is 1. The summed E-state index contributed by atoms with van der Waals surface area (Å²) < 4.78 is 11.7. The Morgan fingerprint density at radius 2 is 1.78 bits per heavy atom. The smallest absolute Gasteiger partial charge is 0.347 e. The number of benzene rings is 2. The summed E-state index contributed by atoms with van der Waals surface area (Å²) in [5.74, 6) is 1.20. The predicted octanol–water partition coefficient (Wildman–Crippen LogP) is 3.44. The standard InChI is InChI=1S/C17H17N3O3/c1-11-4-5-16-12(6-11)10-18-20(16)17(21)19-13-7-14(22-2)9-15(8-13)23-3/h4-10H,1-3H3,(H,19,21). The lowest BCUT2D eigenvalue weighted by molar-refractivity contribution is 0.252. The molecule has 0 aliphatic carbocycles. The first-order valence-electron chi connectivity index (χ1n) is 7.09. The number of carbonyl (C=O) groups is 1. The summed E-state index contributed by atoms with van der Waals surface area (Å²) in [6, 6.07) is 10.6. The maximum absolute atomic E-state index is 12.5. The molecule has 0 aliphatic rings. The lowest BCUT2D eigenvalue weighted by Crippen LogP contribution is -2.20. The van der Waals surface area contributed by atoms with E-state index in [9.17, 15) is 4.79 Å². The quantitative estimate of drug-likeness (QED) is 0.804. The zero-order valence-electron chi connectivity index (χ0n) is 13.2. The summed E-state index contributed by atoms with van der Waals surface area (Å²) >= 11 is 0. The van der Waals surface area contributed by atoms with Crippen LogP contribution in [0.5, 0.6) is 11.5 Å². The molecule has 6 nitrogen and oxygen atoms in total. The molecule has 0 saturated carbocycles. The highest BCUT2D eigenvalue weighted by Gasteiger charge is 2.12. The van der Waals surface area contributed by atoms with Gasteiger partial charge in [0.1, 0.15) is 11.5 Å². The number of rotatable bonds is 3. The van der Waals surface area contributed by atoms with Crippen molar-refractivity contribution < 1.29 is 14.3 Å². The van der Waals surface area contributed by atoms with Gasteiger partial charge in [-0.1, -0.05) is 11.6 Å². The molecule has 118 valence electrons. The number of aryl methyl sites for hydroxylation is 1. The van der Waals surface area contributed by atoms with Crippen LogP contribution in [0.2, 0.25) is 0 Å². The molecule has 2 aromatic carbocycles. The number of anilines is 1. The van der Waals surface area contributed by atoms with Crippen LogP contribution in [0.15, 0.2) is 42.6 Å². The van der Waals surface area contributed by atoms with E-state index in [0.717, 1.165) is 16.5 Å². The molecule has 0 aliphatic heterocycles. The van der Waals surface area contributed by atoms with Gasteiger partial charge in [-0.2, -0.15) is 9.78 Å². The van der Waals surface area contributed by atoms with Gasteiger partial charge in [0.15, 0.2) is 0 Å². The molecule has 0 unspecified atom stereocenters. The predicted molar refractivity (Wildman–Crippen MR) is 88.4 cm³/mol. The number of hydrogen-bond acceptors (Lipinski definition) is 4. The van der Waals surface area contributed by atoms with Crippen molar-refractivity contribution in [3.8, 4) is 11.5 Å². The van der Waals surface area contributed by atoms with Gasteiger partial charge in [-0.05, 0) is 19.1 Å². The highest BCUT2D eigenvalue weighted by Crippen LogP contribution is 2.26. The molecule has 6 heteroatoms. The maximum Gasteiger partial charge on any atom is 0.347 e. The third kappa shape index (κ3) is 2.96. The Bertz CT molecular complexity index is 848. The fraction of sp³-hybridized carbons (Fsp3) is 0.176. The molecule has 0 saturated heterocycles. The third-order valence-electron chi connectivity index (χ3n) is 3.52. The Balaban J connectivity index is 1.91. The van der Waals surface area contributed by atoms with Gasteiger partial charge in [0.05, 0.1) is 25.9 Å². The van der Waals surface area contributed by atoms with Crippen LogP contribution in [0, 0.1) is 6.92 Å². The van der Waals surface area contributed by atoms with Crippen LogP contribution in [0.1, 0.15) is 5.56 Å². The first kappa shape index (κ1) is 14.9. The third-order valence-corrected chi connectivity index (χ3v) is 3.52. The molecule has 0 fully saturated rings. The lowest BCUT2D eigenvalue weighted by Gasteiger charge is -2.10. The van der Waals surface area contributed by atoms with Crippen molar-refractivity contribution in [2.24, 2.45) is 0 Å². The van der Waals surface area contributed by atoms with Crippen molar-refractivity contribution in [3.63, 3.8) is 0 Å². The fourth-order valence-corrected chi connectivity index (χ4v) is 2.37. The Morgan fingerprint density at radius 1 is 1.09 bits per heavy atom. The summed E-state index contributed by atoms with van der Waals surface area (Å²) in [7, 11) is 3.12. The SMILES string of the molecule is COc1cc(NC(=O)n2ncc3cc(C)ccc32)cc(OC)c1. The van der Waals surface area contributed by atoms with E-state index in [0.29, 0.717) is 17.2 Å². The van der Waals surface area contributed by atoms with Gasteiger partial charge in [0.25, 0.3) is 0 Å². The normalized spacial score (nSPS) is 10.6. The van der Waals surface area contributed by atoms with E-state index in [-0.39, 0.29) is 6.03 Å². The second-order valence-electron chi connectivity index (χ2n) is 5.15. The van der Waals surface area contributed by atoms with E-state index < -0.39 is 0 Å². The largest absolute Gasteiger partial charge is 0.497 e. The summed E-state index contributed by atoms with van der Waals surface area (Å²) in [6.45, 7) is 2.00. The number of methoxy groups -OCH3 is 2. The zero-order valence-corrected chi connectivity index (χ0v) is 13.2. The molecule has 1 amide bonds. The molecule has 0 bridgehead atoms. The van der Waals surface area contributed by atoms with Crippen LogP contribution in [0.25, 0.3) is 10.9 Å². The molecular weight excluding hydrogens is 294 g/mol. The Morgan fingerprint density at radius 3 is 2.43 bits per heavy atom. The van der Waals surface area contributed by atoms with Crippen LogP contribution in [0.4, 0.5) is 10.5 Å². The van der Waals surface area contributed by atoms with Gasteiger partial charge in [0.2, 0.25) is 0 Å². The molecule has 1 N–H and O–H groups in total. The molecule has 3 aromatic rings. The van der Waals surface area contributed by atoms with Crippen LogP contribution in [0.3, 0.4) is 0 Å². The molecule has 1 aromatic heterocycles. The van der Waals surface area contributed by atoms with E-state index in [1.807, 2.05) is 25.1 Å². The summed E-state index contributed by atoms with van der Waals surface area (Å²) in [6.07, 6.45) is 1.67. The number of amides is 1. The van der Waals surface area contributed by atoms with E-state index in [2.05, 4.69) is 10.4 Å². The summed E-state index contributed by atoms with van der Waals surface area (Å²) in [5.41, 5.74) is 2.44. The van der Waals surface area contributed by atoms with Gasteiger partial charge in [-0.15, -0.1) is 0 Å². The second-order valence-corrected chi connectivity index (χ2v) is 5.15. The van der Waals surface area contributed by atoms with Crippen LogP contribution >= 0.6 is 0 Å². The van der Waals surface area contributed by atoms with E-state index in [4.69, 9.17) is 9.47 Å². The van der Waals surface area contributed by atoms with Crippen LogP contribution in [-0.2, 0) is 0 Å². The van der Waals surface area contributed by atoms with E-state index in [1.54, 1.807) is 38.6 Å². The summed E-state index contributed by atoms with van der Waals surface area (Å²) in [4.78, 5) is 12.5. The van der Waals surface area contributed by atoms with Gasteiger partial charge in [0, 0.05) is 29.3 Å². The van der Waals surface area contributed by atoms with Gasteiger partial charge >= 0.3 is 6.03 Å². The first-order chi connectivity index (χ1) is 11.1. The van der Waals surface area contributed by atoms with Gasteiger partial charge in [-0.3, -0.25) is 0 Å². The minimum atomic E-state index is -0.348. The Kier molecular flexibility index (Phi) is 3.89. The van der Waals surface area contributed by atoms with Crippen LogP contribution in [-0.4, -0.2) is 30.0 Å². The molecule has 0 atom stereocenters. The number of carbonyl (C=O) groups excluding carboxylic acids is 1. The minimum absolute atomic E-state index is 0.348. The average molecular weight is 311 g/mol. The first-order valence-corrected chi connectivity index (χ1v) is 7.09. The Labute approximate surface area is 133 Å². The maximum atomic E-state index is 12.5. The monoisotopic (exact) mass is 311 g/mol. The molecular formula is C17H17N3O3. The van der Waals surface area contributed by atoms with Gasteiger partial charge in [-0.25, -0.2) is 4.79 Å². The molecule has 3 rings (SSSR count). The molecule has 23 heavy (non-hydrogen) atoms. The second kappa shape index (κ2) is 6.00. The molecule has 0 spiro atoms. The van der Waals surface area contributed by atoms with Crippen molar-refractivity contribution in [3.05, 3.63) is 48.2 Å². The highest BCUT2D eigenvalue weighted by atomic mass is 16.5. The highest BCUT2D eigenvalue weighted by molar-refractivity contribution is 5.97. The topological polar surface area (TPSA) is 65.4 Å². The number of ether oxygens (including phenoxy) is 2. The van der Waals surface area contributed by atoms with Crippen molar-refractivity contribution in [1.29, 1.82) is 0 Å². The number of nitrogens with zero attached hydrogens (tertiary/aromatic N) is 2. The zero-order chi connectivity index (χ0) is 16.4. The van der Waals surface area contributed by atoms with Gasteiger partial charge < -0.3 is 14.8 Å².